The molecule has 0 saturated carbocycles. The Morgan fingerprint density at radius 3 is 2.76 bits per heavy atom. The van der Waals surface area contributed by atoms with Gasteiger partial charge in [0, 0.05) is 44.8 Å². The zero-order valence-electron chi connectivity index (χ0n) is 16.9. The third-order valence-electron chi connectivity index (χ3n) is 4.94. The first kappa shape index (κ1) is 19.8. The number of aryl methyl sites for hydroxylation is 1. The molecule has 2 atom stereocenters. The molecule has 1 saturated heterocycles. The average Bonchev–Trinajstić information content (AvgIpc) is 3.18. The van der Waals surface area contributed by atoms with E-state index >= 15 is 0 Å². The Morgan fingerprint density at radius 1 is 1.44 bits per heavy atom. The molecule has 1 N–H and O–H groups in total. The van der Waals surface area contributed by atoms with Crippen LogP contribution in [0, 0.1) is 5.92 Å². The zero-order chi connectivity index (χ0) is 18.4. The van der Waals surface area contributed by atoms with Crippen LogP contribution in [-0.4, -0.2) is 71.9 Å². The molecular weight excluding hydrogens is 312 g/mol. The summed E-state index contributed by atoms with van der Waals surface area (Å²) < 4.78 is 1.89. The Bertz CT molecular complexity index is 548. The van der Waals surface area contributed by atoms with Crippen molar-refractivity contribution in [2.24, 2.45) is 18.0 Å². The van der Waals surface area contributed by atoms with E-state index in [0.29, 0.717) is 17.9 Å². The number of nitrogens with zero attached hydrogens (tertiary/aromatic N) is 5. The van der Waals surface area contributed by atoms with E-state index in [-0.39, 0.29) is 0 Å². The Morgan fingerprint density at radius 2 is 2.20 bits per heavy atom. The lowest BCUT2D eigenvalue weighted by Gasteiger charge is -2.26. The van der Waals surface area contributed by atoms with Gasteiger partial charge >= 0.3 is 0 Å². The quantitative estimate of drug-likeness (QED) is 0.606. The van der Waals surface area contributed by atoms with Crippen molar-refractivity contribution in [3.63, 3.8) is 0 Å². The van der Waals surface area contributed by atoms with Gasteiger partial charge in [0.25, 0.3) is 0 Å². The predicted molar refractivity (Wildman–Crippen MR) is 105 cm³/mol. The van der Waals surface area contributed by atoms with Gasteiger partial charge in [0.1, 0.15) is 0 Å². The normalized spacial score (nSPS) is 19.9. The second-order valence-corrected chi connectivity index (χ2v) is 7.82. The van der Waals surface area contributed by atoms with Crippen molar-refractivity contribution in [1.82, 2.24) is 24.9 Å². The molecule has 1 aliphatic heterocycles. The van der Waals surface area contributed by atoms with Gasteiger partial charge in [-0.2, -0.15) is 5.10 Å². The first-order chi connectivity index (χ1) is 11.9. The lowest BCUT2D eigenvalue weighted by molar-refractivity contribution is 0.260. The van der Waals surface area contributed by atoms with Crippen LogP contribution < -0.4 is 5.32 Å². The van der Waals surface area contributed by atoms with Crippen molar-refractivity contribution >= 4 is 5.96 Å². The number of hydrogen-bond donors (Lipinski definition) is 1. The van der Waals surface area contributed by atoms with Gasteiger partial charge in [0.2, 0.25) is 0 Å². The SMILES string of the molecule is CCNC(=NCC(CC(C)C)N(C)C)N1CCC(c2cnn(C)c2)C1. The molecule has 0 radical (unpaired) electrons. The third kappa shape index (κ3) is 5.73. The molecule has 142 valence electrons. The molecule has 0 amide bonds. The number of hydrogen-bond acceptors (Lipinski definition) is 3. The number of rotatable bonds is 7. The van der Waals surface area contributed by atoms with E-state index in [2.05, 4.69) is 61.3 Å². The second kappa shape index (κ2) is 9.22. The number of aromatic nitrogens is 2. The van der Waals surface area contributed by atoms with Crippen LogP contribution in [-0.2, 0) is 7.05 Å². The van der Waals surface area contributed by atoms with E-state index in [1.54, 1.807) is 0 Å². The summed E-state index contributed by atoms with van der Waals surface area (Å²) in [7, 11) is 6.30. The maximum Gasteiger partial charge on any atom is 0.193 e. The molecule has 6 nitrogen and oxygen atoms in total. The van der Waals surface area contributed by atoms with E-state index in [1.807, 2.05) is 17.9 Å². The van der Waals surface area contributed by atoms with Crippen molar-refractivity contribution in [2.45, 2.75) is 45.6 Å². The van der Waals surface area contributed by atoms with Crippen molar-refractivity contribution in [3.05, 3.63) is 18.0 Å². The molecule has 2 rings (SSSR count). The molecule has 6 heteroatoms. The molecule has 1 fully saturated rings. The van der Waals surface area contributed by atoms with Crippen molar-refractivity contribution in [3.8, 4) is 0 Å². The largest absolute Gasteiger partial charge is 0.357 e. The summed E-state index contributed by atoms with van der Waals surface area (Å²) in [4.78, 5) is 9.68. The summed E-state index contributed by atoms with van der Waals surface area (Å²) in [6.45, 7) is 10.5. The number of aliphatic imine (C=N–C) groups is 1. The van der Waals surface area contributed by atoms with Gasteiger partial charge < -0.3 is 15.1 Å². The highest BCUT2D eigenvalue weighted by Crippen LogP contribution is 2.26. The monoisotopic (exact) mass is 348 g/mol. The molecule has 1 aromatic rings. The minimum absolute atomic E-state index is 0.491. The number of likely N-dealkylation sites (tertiary alicyclic amines) is 1. The summed E-state index contributed by atoms with van der Waals surface area (Å²) in [6, 6.07) is 0.491. The first-order valence-corrected chi connectivity index (χ1v) is 9.58. The lowest BCUT2D eigenvalue weighted by Crippen LogP contribution is -2.41. The highest BCUT2D eigenvalue weighted by atomic mass is 15.3. The van der Waals surface area contributed by atoms with Gasteiger partial charge in [0.05, 0.1) is 12.7 Å². The van der Waals surface area contributed by atoms with E-state index in [4.69, 9.17) is 4.99 Å². The van der Waals surface area contributed by atoms with E-state index in [1.165, 1.54) is 18.4 Å². The minimum atomic E-state index is 0.491. The predicted octanol–water partition coefficient (Wildman–Crippen LogP) is 2.15. The maximum atomic E-state index is 4.97. The van der Waals surface area contributed by atoms with Crippen molar-refractivity contribution < 1.29 is 0 Å². The van der Waals surface area contributed by atoms with Crippen molar-refractivity contribution in [2.75, 3.05) is 40.3 Å². The number of guanidine groups is 1. The molecule has 2 unspecified atom stereocenters. The molecular formula is C19H36N6. The van der Waals surface area contributed by atoms with E-state index in [9.17, 15) is 0 Å². The molecule has 1 aliphatic rings. The van der Waals surface area contributed by atoms with Gasteiger partial charge in [-0.3, -0.25) is 9.67 Å². The fourth-order valence-corrected chi connectivity index (χ4v) is 3.49. The fourth-order valence-electron chi connectivity index (χ4n) is 3.49. The van der Waals surface area contributed by atoms with Gasteiger partial charge in [-0.25, -0.2) is 0 Å². The summed E-state index contributed by atoms with van der Waals surface area (Å²) in [5.41, 5.74) is 1.34. The Kier molecular flexibility index (Phi) is 7.29. The van der Waals surface area contributed by atoms with Gasteiger partial charge in [-0.05, 0) is 45.3 Å². The standard InChI is InChI=1S/C19H36N6/c1-7-20-19(21-12-18(23(4)5)10-15(2)3)25-9-8-16(14-25)17-11-22-24(6)13-17/h11,13,15-16,18H,7-10,12,14H2,1-6H3,(H,20,21). The average molecular weight is 349 g/mol. The molecule has 2 heterocycles. The van der Waals surface area contributed by atoms with Crippen LogP contribution in [0.4, 0.5) is 0 Å². The third-order valence-corrected chi connectivity index (χ3v) is 4.94. The van der Waals surface area contributed by atoms with E-state index < -0.39 is 0 Å². The summed E-state index contributed by atoms with van der Waals surface area (Å²) in [5, 5.41) is 7.81. The van der Waals surface area contributed by atoms with Crippen LogP contribution in [0.15, 0.2) is 17.4 Å². The highest BCUT2D eigenvalue weighted by Gasteiger charge is 2.27. The van der Waals surface area contributed by atoms with Crippen LogP contribution in [0.3, 0.4) is 0 Å². The van der Waals surface area contributed by atoms with Crippen molar-refractivity contribution in [1.29, 1.82) is 0 Å². The Hall–Kier alpha value is -1.56. The van der Waals surface area contributed by atoms with E-state index in [0.717, 1.165) is 32.1 Å². The minimum Gasteiger partial charge on any atom is -0.357 e. The molecule has 0 spiro atoms. The van der Waals surface area contributed by atoms with Crippen LogP contribution >= 0.6 is 0 Å². The van der Waals surface area contributed by atoms with Gasteiger partial charge in [-0.1, -0.05) is 13.8 Å². The Labute approximate surface area is 153 Å². The number of nitrogens with one attached hydrogen (secondary N) is 1. The number of likely N-dealkylation sites (N-methyl/N-ethyl adjacent to an activating group) is 1. The first-order valence-electron chi connectivity index (χ1n) is 9.58. The van der Waals surface area contributed by atoms with Crippen LogP contribution in [0.5, 0.6) is 0 Å². The molecule has 0 aliphatic carbocycles. The van der Waals surface area contributed by atoms with Crippen LogP contribution in [0.25, 0.3) is 0 Å². The zero-order valence-corrected chi connectivity index (χ0v) is 16.9. The Balaban J connectivity index is 2.01. The summed E-state index contributed by atoms with van der Waals surface area (Å²) >= 11 is 0. The smallest absolute Gasteiger partial charge is 0.193 e. The maximum absolute atomic E-state index is 4.97. The fraction of sp³-hybridized carbons (Fsp3) is 0.789. The second-order valence-electron chi connectivity index (χ2n) is 7.82. The summed E-state index contributed by atoms with van der Waals surface area (Å²) in [6.07, 6.45) is 6.49. The molecule has 0 aromatic carbocycles. The topological polar surface area (TPSA) is 48.7 Å². The lowest BCUT2D eigenvalue weighted by atomic mass is 10.0. The van der Waals surface area contributed by atoms with Crippen LogP contribution in [0.1, 0.15) is 45.1 Å². The van der Waals surface area contributed by atoms with Crippen LogP contribution in [0.2, 0.25) is 0 Å². The van der Waals surface area contributed by atoms with Gasteiger partial charge in [0.15, 0.2) is 5.96 Å². The highest BCUT2D eigenvalue weighted by molar-refractivity contribution is 5.80. The van der Waals surface area contributed by atoms with Gasteiger partial charge in [-0.15, -0.1) is 0 Å². The molecule has 25 heavy (non-hydrogen) atoms. The molecule has 0 bridgehead atoms. The molecule has 1 aromatic heterocycles. The summed E-state index contributed by atoms with van der Waals surface area (Å²) in [5.74, 6) is 2.30.